The van der Waals surface area contributed by atoms with Crippen molar-refractivity contribution in [1.29, 1.82) is 0 Å². The molecule has 0 spiro atoms. The van der Waals surface area contributed by atoms with Crippen LogP contribution in [0, 0.1) is 0 Å². The largest absolute Gasteiger partial charge is 0.364 e. The molecule has 2 aromatic carbocycles. The van der Waals surface area contributed by atoms with Crippen LogP contribution in [0.25, 0.3) is 27.3 Å². The van der Waals surface area contributed by atoms with Gasteiger partial charge in [-0.25, -0.2) is 9.78 Å². The van der Waals surface area contributed by atoms with E-state index in [0.29, 0.717) is 27.3 Å². The van der Waals surface area contributed by atoms with Crippen LogP contribution in [0.15, 0.2) is 62.6 Å². The van der Waals surface area contributed by atoms with E-state index >= 15 is 0 Å². The van der Waals surface area contributed by atoms with Gasteiger partial charge in [0.15, 0.2) is 5.65 Å². The number of aromatic nitrogens is 2. The van der Waals surface area contributed by atoms with Gasteiger partial charge in [-0.05, 0) is 18.2 Å². The lowest BCUT2D eigenvalue weighted by molar-refractivity contribution is 0.329. The number of para-hydroxylation sites is 1. The van der Waals surface area contributed by atoms with E-state index in [1.807, 2.05) is 6.07 Å². The molecule has 0 saturated carbocycles. The Morgan fingerprint density at radius 1 is 0.850 bits per heavy atom. The number of hydrogen-bond donors (Lipinski definition) is 0. The van der Waals surface area contributed by atoms with Gasteiger partial charge >= 0.3 is 5.63 Å². The summed E-state index contributed by atoms with van der Waals surface area (Å²) in [6.45, 7) is 0. The lowest BCUT2D eigenvalue weighted by atomic mass is 10.2. The zero-order chi connectivity index (χ0) is 13.7. The third kappa shape index (κ3) is 1.34. The second-order valence-corrected chi connectivity index (χ2v) is 4.48. The first kappa shape index (κ1) is 10.9. The molecule has 0 aliphatic carbocycles. The lowest BCUT2D eigenvalue weighted by Crippen LogP contribution is -2.19. The van der Waals surface area contributed by atoms with Crippen molar-refractivity contribution in [2.24, 2.45) is 0 Å². The molecule has 4 aromatic rings. The zero-order valence-corrected chi connectivity index (χ0v) is 10.2. The third-order valence-electron chi connectivity index (χ3n) is 3.30. The van der Waals surface area contributed by atoms with Gasteiger partial charge in [-0.3, -0.25) is 4.79 Å². The number of benzene rings is 2. The second-order valence-electron chi connectivity index (χ2n) is 4.48. The summed E-state index contributed by atoms with van der Waals surface area (Å²) in [6.07, 6.45) is 0. The highest BCUT2D eigenvalue weighted by Crippen LogP contribution is 2.16. The highest BCUT2D eigenvalue weighted by Gasteiger charge is 2.11. The van der Waals surface area contributed by atoms with Crippen LogP contribution in [-0.2, 0) is 0 Å². The number of rotatable bonds is 0. The summed E-state index contributed by atoms with van der Waals surface area (Å²) in [4.78, 5) is 28.7. The molecule has 0 amide bonds. The van der Waals surface area contributed by atoms with Crippen molar-refractivity contribution in [2.75, 3.05) is 0 Å². The number of nitrogens with zero attached hydrogens (tertiary/aromatic N) is 2. The highest BCUT2D eigenvalue weighted by molar-refractivity contribution is 5.94. The van der Waals surface area contributed by atoms with Gasteiger partial charge in [0, 0.05) is 5.39 Å². The first-order valence-electron chi connectivity index (χ1n) is 6.09. The van der Waals surface area contributed by atoms with Crippen LogP contribution < -0.4 is 11.2 Å². The van der Waals surface area contributed by atoms with Crippen LogP contribution in [0.3, 0.4) is 0 Å². The minimum atomic E-state index is -0.549. The van der Waals surface area contributed by atoms with Gasteiger partial charge in [0.1, 0.15) is 0 Å². The van der Waals surface area contributed by atoms with E-state index in [0.717, 1.165) is 4.57 Å². The van der Waals surface area contributed by atoms with E-state index in [1.54, 1.807) is 42.5 Å². The Hall–Kier alpha value is -2.95. The smallest absolute Gasteiger partial charge is 0.326 e. The lowest BCUT2D eigenvalue weighted by Gasteiger charge is -2.04. The molecule has 96 valence electrons. The SMILES string of the molecule is O=c1on2c(=O)c3ccccc3nc2c2ccccc12. The quantitative estimate of drug-likeness (QED) is 0.360. The zero-order valence-electron chi connectivity index (χ0n) is 10.2. The fourth-order valence-electron chi connectivity index (χ4n) is 2.36. The molecule has 0 aliphatic heterocycles. The van der Waals surface area contributed by atoms with Crippen molar-refractivity contribution in [3.8, 4) is 0 Å². The minimum absolute atomic E-state index is 0.351. The van der Waals surface area contributed by atoms with Crippen LogP contribution in [0.4, 0.5) is 0 Å². The van der Waals surface area contributed by atoms with Crippen LogP contribution in [0.5, 0.6) is 0 Å². The predicted molar refractivity (Wildman–Crippen MR) is 75.0 cm³/mol. The average molecular weight is 264 g/mol. The van der Waals surface area contributed by atoms with Crippen molar-refractivity contribution in [3.05, 3.63) is 69.3 Å². The van der Waals surface area contributed by atoms with Gasteiger partial charge in [-0.15, -0.1) is 4.57 Å². The fourth-order valence-corrected chi connectivity index (χ4v) is 2.36. The molecule has 0 bridgehead atoms. The highest BCUT2D eigenvalue weighted by atomic mass is 16.5. The maximum absolute atomic E-state index is 12.4. The minimum Gasteiger partial charge on any atom is -0.326 e. The third-order valence-corrected chi connectivity index (χ3v) is 3.30. The Bertz CT molecular complexity index is 1090. The van der Waals surface area contributed by atoms with Gasteiger partial charge in [-0.2, -0.15) is 0 Å². The molecule has 0 unspecified atom stereocenters. The maximum Gasteiger partial charge on any atom is 0.364 e. The molecule has 20 heavy (non-hydrogen) atoms. The maximum atomic E-state index is 12.4. The van der Waals surface area contributed by atoms with Crippen LogP contribution in [0.1, 0.15) is 0 Å². The van der Waals surface area contributed by atoms with Gasteiger partial charge in [0.25, 0.3) is 5.56 Å². The van der Waals surface area contributed by atoms with Gasteiger partial charge in [-0.1, -0.05) is 30.3 Å². The average Bonchev–Trinajstić information content (AvgIpc) is 2.49. The normalized spacial score (nSPS) is 11.4. The van der Waals surface area contributed by atoms with Crippen molar-refractivity contribution in [3.63, 3.8) is 0 Å². The molecule has 4 rings (SSSR count). The predicted octanol–water partition coefficient (Wildman–Crippen LogP) is 1.95. The Morgan fingerprint density at radius 2 is 1.50 bits per heavy atom. The molecule has 5 heteroatoms. The monoisotopic (exact) mass is 264 g/mol. The number of hydrogen-bond acceptors (Lipinski definition) is 4. The van der Waals surface area contributed by atoms with E-state index < -0.39 is 5.63 Å². The van der Waals surface area contributed by atoms with Crippen molar-refractivity contribution < 1.29 is 4.52 Å². The summed E-state index contributed by atoms with van der Waals surface area (Å²) in [5.74, 6) is 0. The molecule has 5 nitrogen and oxygen atoms in total. The molecule has 0 radical (unpaired) electrons. The Balaban J connectivity index is 2.41. The standard InChI is InChI=1S/C15H8N2O3/c18-14-11-7-3-4-8-12(11)16-13-9-5-1-2-6-10(9)15(19)20-17(13)14/h1-8H. The second kappa shape index (κ2) is 3.77. The summed E-state index contributed by atoms with van der Waals surface area (Å²) in [6, 6.07) is 13.9. The Labute approximate surface area is 111 Å². The first-order valence-corrected chi connectivity index (χ1v) is 6.09. The van der Waals surface area contributed by atoms with E-state index in [4.69, 9.17) is 4.52 Å². The van der Waals surface area contributed by atoms with E-state index in [-0.39, 0.29) is 5.56 Å². The molecule has 0 saturated heterocycles. The molecule has 0 fully saturated rings. The van der Waals surface area contributed by atoms with Gasteiger partial charge in [0.05, 0.1) is 16.3 Å². The molecular weight excluding hydrogens is 256 g/mol. The van der Waals surface area contributed by atoms with Crippen molar-refractivity contribution in [1.82, 2.24) is 9.56 Å². The molecule has 0 aliphatic rings. The molecule has 0 atom stereocenters. The van der Waals surface area contributed by atoms with Crippen LogP contribution in [-0.4, -0.2) is 9.56 Å². The summed E-state index contributed by atoms with van der Waals surface area (Å²) in [5.41, 5.74) is 0.00105. The summed E-state index contributed by atoms with van der Waals surface area (Å²) in [5, 5.41) is 1.43. The summed E-state index contributed by atoms with van der Waals surface area (Å²) >= 11 is 0. The van der Waals surface area contributed by atoms with E-state index in [2.05, 4.69) is 4.98 Å². The molecular formula is C15H8N2O3. The van der Waals surface area contributed by atoms with Crippen LogP contribution >= 0.6 is 0 Å². The topological polar surface area (TPSA) is 64.6 Å². The van der Waals surface area contributed by atoms with E-state index in [1.165, 1.54) is 0 Å². The van der Waals surface area contributed by atoms with Crippen molar-refractivity contribution >= 4 is 27.3 Å². The van der Waals surface area contributed by atoms with Crippen molar-refractivity contribution in [2.45, 2.75) is 0 Å². The van der Waals surface area contributed by atoms with Gasteiger partial charge < -0.3 is 4.52 Å². The Kier molecular flexibility index (Phi) is 2.06. The molecule has 0 N–H and O–H groups in total. The summed E-state index contributed by atoms with van der Waals surface area (Å²) in [7, 11) is 0. The van der Waals surface area contributed by atoms with E-state index in [9.17, 15) is 9.59 Å². The van der Waals surface area contributed by atoms with Crippen LogP contribution in [0.2, 0.25) is 0 Å². The van der Waals surface area contributed by atoms with Gasteiger partial charge in [0.2, 0.25) is 0 Å². The summed E-state index contributed by atoms with van der Waals surface area (Å²) < 4.78 is 6.07. The fraction of sp³-hybridized carbons (Fsp3) is 0. The Morgan fingerprint density at radius 3 is 2.30 bits per heavy atom. The molecule has 2 heterocycles. The molecule has 2 aromatic heterocycles. The first-order chi connectivity index (χ1) is 9.75. The number of fused-ring (bicyclic) bond motifs is 4.